The third-order valence-electron chi connectivity index (χ3n) is 6.68. The first-order chi connectivity index (χ1) is 19.8. The summed E-state index contributed by atoms with van der Waals surface area (Å²) in [5.74, 6) is 1.50. The lowest BCUT2D eigenvalue weighted by Crippen LogP contribution is -2.32. The normalized spacial score (nSPS) is 11.7. The Morgan fingerprint density at radius 1 is 0.976 bits per heavy atom. The van der Waals surface area contributed by atoms with E-state index >= 15 is 0 Å². The first-order valence-corrected chi connectivity index (χ1v) is 12.8. The minimum Gasteiger partial charge on any atom is -0.493 e. The lowest BCUT2D eigenvalue weighted by molar-refractivity contribution is -0.138. The van der Waals surface area contributed by atoms with E-state index in [0.29, 0.717) is 34.7 Å². The van der Waals surface area contributed by atoms with E-state index in [-0.39, 0.29) is 6.42 Å². The number of methoxy groups -OCH3 is 3. The Balaban J connectivity index is 1.47. The molecule has 11 heteroatoms. The van der Waals surface area contributed by atoms with Gasteiger partial charge in [-0.25, -0.2) is 14.5 Å². The monoisotopic (exact) mass is 554 g/mol. The molecule has 4 N–H and O–H groups in total. The number of anilines is 2. The van der Waals surface area contributed by atoms with Crippen LogP contribution < -0.4 is 25.3 Å². The lowest BCUT2D eigenvalue weighted by Gasteiger charge is -2.14. The van der Waals surface area contributed by atoms with E-state index in [1.807, 2.05) is 55.5 Å². The highest BCUT2D eigenvalue weighted by molar-refractivity contribution is 5.74. The van der Waals surface area contributed by atoms with Crippen LogP contribution in [0.2, 0.25) is 0 Å². The number of hydrogen-bond donors (Lipinski definition) is 3. The Kier molecular flexibility index (Phi) is 7.70. The standard InChI is InChI=1S/C30H30N6O5/c1-17-24-16-32-30(34-22-14-25(39-2)27(41-4)26(15-22)40-3)35-36(24)28(33-17)21-7-5-6-20(13-21)19-10-8-18(9-11-19)12-23(31)29(37)38/h5-11,13-16,23H,12,31H2,1-4H3,(H,34,35)(H,37,38). The predicted octanol–water partition coefficient (Wildman–Crippen LogP) is 4.49. The molecule has 1 unspecified atom stereocenters. The van der Waals surface area contributed by atoms with Crippen LogP contribution in [-0.4, -0.2) is 58.0 Å². The Labute approximate surface area is 236 Å². The van der Waals surface area contributed by atoms with E-state index < -0.39 is 12.0 Å². The van der Waals surface area contributed by atoms with Crippen molar-refractivity contribution < 1.29 is 24.1 Å². The minimum atomic E-state index is -1.02. The number of imidazole rings is 1. The number of hydrogen-bond acceptors (Lipinski definition) is 9. The molecule has 3 aromatic carbocycles. The Morgan fingerprint density at radius 2 is 1.66 bits per heavy atom. The first-order valence-electron chi connectivity index (χ1n) is 12.8. The molecule has 0 amide bonds. The Morgan fingerprint density at radius 3 is 2.29 bits per heavy atom. The van der Waals surface area contributed by atoms with Crippen molar-refractivity contribution in [1.29, 1.82) is 0 Å². The number of nitrogens with zero attached hydrogens (tertiary/aromatic N) is 4. The van der Waals surface area contributed by atoms with Gasteiger partial charge in [0.05, 0.1) is 33.2 Å². The van der Waals surface area contributed by atoms with Crippen LogP contribution in [0.1, 0.15) is 11.3 Å². The number of carboxylic acid groups (broad SMARTS) is 1. The zero-order valence-electron chi connectivity index (χ0n) is 23.1. The fourth-order valence-corrected chi connectivity index (χ4v) is 4.56. The molecular weight excluding hydrogens is 524 g/mol. The van der Waals surface area contributed by atoms with Crippen LogP contribution >= 0.6 is 0 Å². The highest BCUT2D eigenvalue weighted by Gasteiger charge is 2.17. The molecule has 0 radical (unpaired) electrons. The molecule has 0 saturated carbocycles. The average molecular weight is 555 g/mol. The molecule has 2 heterocycles. The molecule has 0 fully saturated rings. The molecule has 0 spiro atoms. The number of aromatic nitrogens is 4. The summed E-state index contributed by atoms with van der Waals surface area (Å²) < 4.78 is 18.1. The van der Waals surface area contributed by atoms with E-state index in [9.17, 15) is 4.79 Å². The van der Waals surface area contributed by atoms with Crippen molar-refractivity contribution in [2.75, 3.05) is 26.6 Å². The Hall–Kier alpha value is -5.16. The van der Waals surface area contributed by atoms with Crippen molar-refractivity contribution in [3.8, 4) is 39.8 Å². The van der Waals surface area contributed by atoms with Crippen molar-refractivity contribution in [1.82, 2.24) is 19.6 Å². The number of carbonyl (C=O) groups is 1. The van der Waals surface area contributed by atoms with E-state index in [2.05, 4.69) is 10.3 Å². The van der Waals surface area contributed by atoms with E-state index in [4.69, 9.17) is 35.1 Å². The highest BCUT2D eigenvalue weighted by atomic mass is 16.5. The molecule has 1 atom stereocenters. The summed E-state index contributed by atoms with van der Waals surface area (Å²) in [4.78, 5) is 20.4. The first kappa shape index (κ1) is 27.4. The summed E-state index contributed by atoms with van der Waals surface area (Å²) in [5, 5.41) is 17.0. The number of aliphatic carboxylic acids is 1. The van der Waals surface area contributed by atoms with Gasteiger partial charge in [0, 0.05) is 23.4 Å². The maximum atomic E-state index is 11.1. The second-order valence-electron chi connectivity index (χ2n) is 9.37. The molecule has 0 saturated heterocycles. The SMILES string of the molecule is COc1cc(Nc2ncc3c(C)nc(-c4cccc(-c5ccc(CC(N)C(=O)O)cc5)c4)n3n2)cc(OC)c1OC. The largest absolute Gasteiger partial charge is 0.493 e. The number of rotatable bonds is 10. The van der Waals surface area contributed by atoms with E-state index in [1.54, 1.807) is 44.2 Å². The van der Waals surface area contributed by atoms with Crippen LogP contribution in [0.25, 0.3) is 28.0 Å². The van der Waals surface area contributed by atoms with Gasteiger partial charge < -0.3 is 30.4 Å². The van der Waals surface area contributed by atoms with Gasteiger partial charge in [0.15, 0.2) is 17.3 Å². The van der Waals surface area contributed by atoms with Gasteiger partial charge >= 0.3 is 5.97 Å². The molecule has 0 aliphatic heterocycles. The second-order valence-corrected chi connectivity index (χ2v) is 9.37. The number of fused-ring (bicyclic) bond motifs is 1. The quantitative estimate of drug-likeness (QED) is 0.226. The molecule has 5 aromatic rings. The van der Waals surface area contributed by atoms with Crippen molar-refractivity contribution in [3.63, 3.8) is 0 Å². The minimum absolute atomic E-state index is 0.265. The molecule has 5 rings (SSSR count). The number of nitrogens with two attached hydrogens (primary N) is 1. The number of ether oxygens (including phenoxy) is 3. The van der Waals surface area contributed by atoms with Crippen LogP contribution in [0.15, 0.2) is 66.9 Å². The Bertz CT molecular complexity index is 1690. The van der Waals surface area contributed by atoms with Gasteiger partial charge in [0.25, 0.3) is 0 Å². The summed E-state index contributed by atoms with van der Waals surface area (Å²) in [6.07, 6.45) is 1.99. The molecule has 0 bridgehead atoms. The molecule has 0 aliphatic carbocycles. The van der Waals surface area contributed by atoms with Gasteiger partial charge in [-0.05, 0) is 36.1 Å². The fourth-order valence-electron chi connectivity index (χ4n) is 4.56. The summed E-state index contributed by atoms with van der Waals surface area (Å²) in [6, 6.07) is 18.3. The summed E-state index contributed by atoms with van der Waals surface area (Å²) in [6.45, 7) is 1.92. The fraction of sp³-hybridized carbons (Fsp3) is 0.200. The van der Waals surface area contributed by atoms with Crippen LogP contribution in [-0.2, 0) is 11.2 Å². The van der Waals surface area contributed by atoms with Crippen molar-refractivity contribution in [2.45, 2.75) is 19.4 Å². The van der Waals surface area contributed by atoms with Crippen LogP contribution in [0.3, 0.4) is 0 Å². The molecular formula is C30H30N6O5. The van der Waals surface area contributed by atoms with Crippen molar-refractivity contribution in [3.05, 3.63) is 78.1 Å². The number of aryl methyl sites for hydroxylation is 1. The number of benzene rings is 3. The lowest BCUT2D eigenvalue weighted by atomic mass is 9.99. The third-order valence-corrected chi connectivity index (χ3v) is 6.68. The van der Waals surface area contributed by atoms with Gasteiger partial charge in [-0.2, -0.15) is 0 Å². The van der Waals surface area contributed by atoms with Gasteiger partial charge in [0.1, 0.15) is 11.6 Å². The van der Waals surface area contributed by atoms with E-state index in [0.717, 1.165) is 33.5 Å². The van der Waals surface area contributed by atoms with Gasteiger partial charge in [-0.1, -0.05) is 42.5 Å². The molecule has 2 aromatic heterocycles. The highest BCUT2D eigenvalue weighted by Crippen LogP contribution is 2.40. The maximum Gasteiger partial charge on any atom is 0.320 e. The van der Waals surface area contributed by atoms with Crippen LogP contribution in [0.4, 0.5) is 11.6 Å². The van der Waals surface area contributed by atoms with E-state index in [1.165, 1.54) is 0 Å². The number of carboxylic acids is 1. The van der Waals surface area contributed by atoms with Gasteiger partial charge in [-0.15, -0.1) is 5.10 Å². The summed E-state index contributed by atoms with van der Waals surface area (Å²) in [5.41, 5.74) is 11.6. The zero-order valence-corrected chi connectivity index (χ0v) is 23.1. The zero-order chi connectivity index (χ0) is 29.1. The summed E-state index contributed by atoms with van der Waals surface area (Å²) in [7, 11) is 4.67. The predicted molar refractivity (Wildman–Crippen MR) is 155 cm³/mol. The summed E-state index contributed by atoms with van der Waals surface area (Å²) >= 11 is 0. The number of nitrogens with one attached hydrogen (secondary N) is 1. The molecule has 210 valence electrons. The average Bonchev–Trinajstić information content (AvgIpc) is 3.32. The third kappa shape index (κ3) is 5.61. The van der Waals surface area contributed by atoms with Crippen molar-refractivity contribution >= 4 is 23.1 Å². The smallest absolute Gasteiger partial charge is 0.320 e. The maximum absolute atomic E-state index is 11.1. The van der Waals surface area contributed by atoms with Gasteiger partial charge in [-0.3, -0.25) is 4.79 Å². The topological polar surface area (TPSA) is 146 Å². The van der Waals surface area contributed by atoms with Crippen molar-refractivity contribution in [2.24, 2.45) is 5.73 Å². The molecule has 11 nitrogen and oxygen atoms in total. The molecule has 0 aliphatic rings. The van der Waals surface area contributed by atoms with Crippen LogP contribution in [0, 0.1) is 6.92 Å². The van der Waals surface area contributed by atoms with Crippen LogP contribution in [0.5, 0.6) is 17.2 Å². The molecule has 41 heavy (non-hydrogen) atoms. The second kappa shape index (κ2) is 11.5. The van der Waals surface area contributed by atoms with Gasteiger partial charge in [0.2, 0.25) is 11.7 Å².